The molecule has 1 radical (unpaired) electrons. The maximum atomic E-state index is 5.87. The van der Waals surface area contributed by atoms with Gasteiger partial charge in [-0.3, -0.25) is 0 Å². The molecule has 0 saturated heterocycles. The first kappa shape index (κ1) is 14.7. The third-order valence-corrected chi connectivity index (χ3v) is 2.80. The van der Waals surface area contributed by atoms with E-state index in [1.165, 1.54) is 0 Å². The van der Waals surface area contributed by atoms with Crippen molar-refractivity contribution in [2.45, 2.75) is 6.92 Å². The van der Waals surface area contributed by atoms with Gasteiger partial charge in [-0.1, -0.05) is 41.6 Å². The van der Waals surface area contributed by atoms with Gasteiger partial charge in [0.05, 0.1) is 0 Å². The minimum absolute atomic E-state index is 0. The quantitative estimate of drug-likeness (QED) is 0.748. The number of allylic oxidation sites excluding steroid dienone is 3. The molecule has 1 aromatic carbocycles. The van der Waals surface area contributed by atoms with E-state index in [4.69, 9.17) is 11.6 Å². The third kappa shape index (κ3) is 3.31. The van der Waals surface area contributed by atoms with Gasteiger partial charge in [-0.15, -0.1) is 18.2 Å². The molecule has 0 amide bonds. The summed E-state index contributed by atoms with van der Waals surface area (Å²) < 4.78 is 0. The normalized spacial score (nSPS) is 14.4. The van der Waals surface area contributed by atoms with Crippen molar-refractivity contribution in [2.75, 3.05) is 6.54 Å². The Morgan fingerprint density at radius 1 is 1.29 bits per heavy atom. The molecule has 17 heavy (non-hydrogen) atoms. The summed E-state index contributed by atoms with van der Waals surface area (Å²) in [6, 6.07) is 7.78. The predicted molar refractivity (Wildman–Crippen MR) is 68.8 cm³/mol. The summed E-state index contributed by atoms with van der Waals surface area (Å²) in [5.74, 6) is 0. The molecular weight excluding hydrogens is 307 g/mol. The summed E-state index contributed by atoms with van der Waals surface area (Å²) in [6.07, 6.45) is 7.11. The number of likely N-dealkylation sites (N-methyl/N-ethyl adjacent to an activating group) is 1. The molecule has 3 heteroatoms. The molecule has 1 nitrogen and oxygen atoms in total. The number of rotatable bonds is 2. The van der Waals surface area contributed by atoms with E-state index in [0.717, 1.165) is 28.5 Å². The molecule has 0 N–H and O–H groups in total. The summed E-state index contributed by atoms with van der Waals surface area (Å²) >= 11 is 5.87. The Bertz CT molecular complexity index is 460. The molecule has 0 saturated carbocycles. The van der Waals surface area contributed by atoms with Crippen LogP contribution in [-0.4, -0.2) is 11.4 Å². The Morgan fingerprint density at radius 2 is 1.94 bits per heavy atom. The molecule has 0 spiro atoms. The van der Waals surface area contributed by atoms with Gasteiger partial charge in [-0.25, -0.2) is 0 Å². The second-order valence-electron chi connectivity index (χ2n) is 3.57. The zero-order valence-electron chi connectivity index (χ0n) is 9.78. The van der Waals surface area contributed by atoms with Gasteiger partial charge in [0.25, 0.3) is 0 Å². The van der Waals surface area contributed by atoms with Crippen molar-refractivity contribution in [3.8, 4) is 0 Å². The maximum absolute atomic E-state index is 5.87. The second-order valence-corrected chi connectivity index (χ2v) is 4.01. The van der Waals surface area contributed by atoms with Crippen LogP contribution in [0.15, 0.2) is 48.7 Å². The molecule has 1 aromatic rings. The average Bonchev–Trinajstić information content (AvgIpc) is 2.30. The molecular formula is C14H13ClNY-. The van der Waals surface area contributed by atoms with Gasteiger partial charge >= 0.3 is 0 Å². The van der Waals surface area contributed by atoms with Crippen LogP contribution in [0.4, 0.5) is 0 Å². The molecule has 1 heterocycles. The number of nitrogens with zero attached hydrogens (tertiary/aromatic N) is 1. The van der Waals surface area contributed by atoms with E-state index in [0.29, 0.717) is 0 Å². The fourth-order valence-corrected chi connectivity index (χ4v) is 1.86. The molecule has 0 unspecified atom stereocenters. The Kier molecular flexibility index (Phi) is 5.65. The van der Waals surface area contributed by atoms with Gasteiger partial charge in [0.15, 0.2) is 0 Å². The zero-order chi connectivity index (χ0) is 11.5. The third-order valence-electron chi connectivity index (χ3n) is 2.55. The summed E-state index contributed by atoms with van der Waals surface area (Å²) in [4.78, 5) is 2.13. The molecule has 1 aliphatic heterocycles. The molecule has 2 rings (SSSR count). The van der Waals surface area contributed by atoms with Crippen LogP contribution in [0.1, 0.15) is 12.5 Å². The zero-order valence-corrected chi connectivity index (χ0v) is 13.4. The van der Waals surface area contributed by atoms with Gasteiger partial charge in [0.2, 0.25) is 0 Å². The van der Waals surface area contributed by atoms with Crippen LogP contribution < -0.4 is 0 Å². The van der Waals surface area contributed by atoms with E-state index >= 15 is 0 Å². The van der Waals surface area contributed by atoms with Crippen LogP contribution in [0, 0.1) is 6.08 Å². The van der Waals surface area contributed by atoms with Gasteiger partial charge < -0.3 is 4.90 Å². The number of halogens is 1. The van der Waals surface area contributed by atoms with Crippen LogP contribution in [-0.2, 0) is 32.7 Å². The molecule has 0 fully saturated rings. The number of hydrogen-bond donors (Lipinski definition) is 0. The van der Waals surface area contributed by atoms with Crippen molar-refractivity contribution < 1.29 is 32.7 Å². The summed E-state index contributed by atoms with van der Waals surface area (Å²) in [7, 11) is 0. The Morgan fingerprint density at radius 3 is 2.53 bits per heavy atom. The van der Waals surface area contributed by atoms with Gasteiger partial charge in [-0.2, -0.15) is 12.2 Å². The van der Waals surface area contributed by atoms with E-state index in [1.807, 2.05) is 36.4 Å². The second kappa shape index (κ2) is 6.54. The predicted octanol–water partition coefficient (Wildman–Crippen LogP) is 3.89. The van der Waals surface area contributed by atoms with Crippen LogP contribution in [0.25, 0.3) is 5.70 Å². The van der Waals surface area contributed by atoms with Crippen molar-refractivity contribution in [2.24, 2.45) is 0 Å². The van der Waals surface area contributed by atoms with Crippen molar-refractivity contribution in [1.29, 1.82) is 0 Å². The Hall–Kier alpha value is -0.366. The maximum Gasteiger partial charge on any atom is 0.0385 e. The largest absolute Gasteiger partial charge is 0.376 e. The summed E-state index contributed by atoms with van der Waals surface area (Å²) in [5, 5.41) is 0.748. The SMILES string of the molecule is C=C1C=C[C-]=C(c2ccc(Cl)cc2)N1CC.[Y]. The van der Waals surface area contributed by atoms with Gasteiger partial charge in [-0.05, 0) is 12.6 Å². The van der Waals surface area contributed by atoms with Gasteiger partial charge in [0, 0.05) is 44.3 Å². The van der Waals surface area contributed by atoms with Crippen LogP contribution in [0.5, 0.6) is 0 Å². The van der Waals surface area contributed by atoms with E-state index in [2.05, 4.69) is 24.5 Å². The van der Waals surface area contributed by atoms with E-state index in [-0.39, 0.29) is 32.7 Å². The molecule has 85 valence electrons. The van der Waals surface area contributed by atoms with E-state index in [1.54, 1.807) is 0 Å². The van der Waals surface area contributed by atoms with Crippen molar-refractivity contribution in [3.63, 3.8) is 0 Å². The summed E-state index contributed by atoms with van der Waals surface area (Å²) in [5.41, 5.74) is 3.15. The van der Waals surface area contributed by atoms with Gasteiger partial charge in [0.1, 0.15) is 0 Å². The Balaban J connectivity index is 0.00000144. The van der Waals surface area contributed by atoms with Crippen molar-refractivity contribution in [3.05, 3.63) is 65.4 Å². The minimum atomic E-state index is 0. The van der Waals surface area contributed by atoms with E-state index in [9.17, 15) is 0 Å². The van der Waals surface area contributed by atoms with Crippen LogP contribution in [0.3, 0.4) is 0 Å². The first-order valence-electron chi connectivity index (χ1n) is 5.25. The Labute approximate surface area is 133 Å². The minimum Gasteiger partial charge on any atom is -0.376 e. The van der Waals surface area contributed by atoms with E-state index < -0.39 is 0 Å². The fraction of sp³-hybridized carbons (Fsp3) is 0.143. The molecule has 0 aromatic heterocycles. The molecule has 1 aliphatic rings. The summed E-state index contributed by atoms with van der Waals surface area (Å²) in [6.45, 7) is 6.99. The monoisotopic (exact) mass is 319 g/mol. The molecule has 0 atom stereocenters. The first-order chi connectivity index (χ1) is 7.72. The number of benzene rings is 1. The molecule has 0 aliphatic carbocycles. The van der Waals surface area contributed by atoms with Crippen LogP contribution >= 0.6 is 11.6 Å². The van der Waals surface area contributed by atoms with Crippen molar-refractivity contribution in [1.82, 2.24) is 4.90 Å². The average molecular weight is 320 g/mol. The first-order valence-corrected chi connectivity index (χ1v) is 5.62. The number of hydrogen-bond acceptors (Lipinski definition) is 1. The fourth-order valence-electron chi connectivity index (χ4n) is 1.74. The molecule has 0 bridgehead atoms. The van der Waals surface area contributed by atoms with Crippen LogP contribution in [0.2, 0.25) is 5.02 Å². The topological polar surface area (TPSA) is 3.24 Å². The standard InChI is InChI=1S/C14H13ClN.Y/c1-3-16-11(2)5-4-6-14(16)12-7-9-13(15)10-8-12;/h4-5,7-10H,2-3H2,1H3;/q-1;. The van der Waals surface area contributed by atoms with Crippen molar-refractivity contribution >= 4 is 17.3 Å². The smallest absolute Gasteiger partial charge is 0.0385 e.